The van der Waals surface area contributed by atoms with Gasteiger partial charge in [-0.2, -0.15) is 0 Å². The van der Waals surface area contributed by atoms with Gasteiger partial charge < -0.3 is 28.4 Å². The van der Waals surface area contributed by atoms with Crippen LogP contribution in [0, 0.1) is 0 Å². The van der Waals surface area contributed by atoms with E-state index in [2.05, 4.69) is 24.3 Å². The van der Waals surface area contributed by atoms with Gasteiger partial charge >= 0.3 is 0 Å². The zero-order chi connectivity index (χ0) is 22.3. The van der Waals surface area contributed by atoms with E-state index in [1.54, 1.807) is 0 Å². The van der Waals surface area contributed by atoms with Gasteiger partial charge in [-0.3, -0.25) is 0 Å². The van der Waals surface area contributed by atoms with Crippen molar-refractivity contribution >= 4 is 0 Å². The molecule has 0 bridgehead atoms. The zero-order valence-corrected chi connectivity index (χ0v) is 19.1. The van der Waals surface area contributed by atoms with Gasteiger partial charge in [-0.25, -0.2) is 0 Å². The number of rotatable bonds is 6. The van der Waals surface area contributed by atoms with E-state index in [0.717, 1.165) is 11.1 Å². The number of hydrogen-bond acceptors (Lipinski definition) is 6. The van der Waals surface area contributed by atoms with E-state index in [4.69, 9.17) is 28.4 Å². The van der Waals surface area contributed by atoms with Crippen molar-refractivity contribution in [1.82, 2.24) is 0 Å². The first-order valence-corrected chi connectivity index (χ1v) is 11.3. The van der Waals surface area contributed by atoms with E-state index in [-0.39, 0.29) is 36.6 Å². The molecule has 172 valence electrons. The number of ether oxygens (including phenoxy) is 6. The van der Waals surface area contributed by atoms with Gasteiger partial charge in [0.15, 0.2) is 11.6 Å². The molecule has 1 aliphatic carbocycles. The van der Waals surface area contributed by atoms with Crippen molar-refractivity contribution in [3.63, 3.8) is 0 Å². The topological polar surface area (TPSA) is 55.4 Å². The second-order valence-corrected chi connectivity index (χ2v) is 9.65. The van der Waals surface area contributed by atoms with Crippen LogP contribution in [0.5, 0.6) is 0 Å². The molecule has 0 radical (unpaired) electrons. The first-order chi connectivity index (χ1) is 15.3. The van der Waals surface area contributed by atoms with Crippen molar-refractivity contribution in [2.75, 3.05) is 0 Å². The first-order valence-electron chi connectivity index (χ1n) is 11.3. The molecule has 0 N–H and O–H groups in total. The van der Waals surface area contributed by atoms with E-state index >= 15 is 0 Å². The fourth-order valence-electron chi connectivity index (χ4n) is 4.94. The molecule has 0 aromatic heterocycles. The number of benzene rings is 2. The highest BCUT2D eigenvalue weighted by Crippen LogP contribution is 2.46. The summed E-state index contributed by atoms with van der Waals surface area (Å²) in [4.78, 5) is 0. The van der Waals surface area contributed by atoms with E-state index in [0.29, 0.717) is 13.2 Å². The summed E-state index contributed by atoms with van der Waals surface area (Å²) in [5, 5.41) is 0. The Morgan fingerprint density at radius 1 is 0.562 bits per heavy atom. The molecular formula is C26H32O6. The van der Waals surface area contributed by atoms with Crippen molar-refractivity contribution in [3.8, 4) is 0 Å². The highest BCUT2D eigenvalue weighted by Gasteiger charge is 2.64. The molecule has 0 spiro atoms. The SMILES string of the molecule is CC1(C)OC2[C@H](O1)C1OC(C)(C)O[C@@H]1[C@@H](OCc1ccccc1)[C@@H]2OCc1ccccc1. The Morgan fingerprint density at radius 3 is 1.28 bits per heavy atom. The van der Waals surface area contributed by atoms with Crippen LogP contribution < -0.4 is 0 Å². The molecule has 2 saturated heterocycles. The van der Waals surface area contributed by atoms with E-state index in [1.807, 2.05) is 64.1 Å². The quantitative estimate of drug-likeness (QED) is 0.671. The van der Waals surface area contributed by atoms with E-state index < -0.39 is 11.6 Å². The highest BCUT2D eigenvalue weighted by atomic mass is 16.8. The first kappa shape index (κ1) is 22.0. The van der Waals surface area contributed by atoms with Gasteiger partial charge in [0.2, 0.25) is 0 Å². The Hall–Kier alpha value is -1.80. The normalized spacial score (nSPS) is 34.8. The molecule has 3 fully saturated rings. The summed E-state index contributed by atoms with van der Waals surface area (Å²) >= 11 is 0. The van der Waals surface area contributed by atoms with Crippen LogP contribution in [0.1, 0.15) is 38.8 Å². The van der Waals surface area contributed by atoms with Crippen LogP contribution >= 0.6 is 0 Å². The van der Waals surface area contributed by atoms with Crippen molar-refractivity contribution < 1.29 is 28.4 Å². The molecule has 2 heterocycles. The van der Waals surface area contributed by atoms with E-state index in [1.165, 1.54) is 0 Å². The van der Waals surface area contributed by atoms with Gasteiger partial charge in [0.1, 0.15) is 36.6 Å². The molecule has 5 rings (SSSR count). The lowest BCUT2D eigenvalue weighted by atomic mass is 9.84. The fraction of sp³-hybridized carbons (Fsp3) is 0.538. The van der Waals surface area contributed by atoms with Gasteiger partial charge in [0.25, 0.3) is 0 Å². The van der Waals surface area contributed by atoms with Gasteiger partial charge in [-0.15, -0.1) is 0 Å². The summed E-state index contributed by atoms with van der Waals surface area (Å²) < 4.78 is 38.3. The summed E-state index contributed by atoms with van der Waals surface area (Å²) in [7, 11) is 0. The lowest BCUT2D eigenvalue weighted by Crippen LogP contribution is -2.63. The van der Waals surface area contributed by atoms with Crippen LogP contribution in [-0.2, 0) is 41.6 Å². The molecule has 2 aromatic carbocycles. The third-order valence-corrected chi connectivity index (χ3v) is 6.19. The minimum Gasteiger partial charge on any atom is -0.368 e. The average Bonchev–Trinajstić information content (AvgIpc) is 3.27. The molecule has 32 heavy (non-hydrogen) atoms. The van der Waals surface area contributed by atoms with Crippen LogP contribution in [-0.4, -0.2) is 48.2 Å². The van der Waals surface area contributed by atoms with Crippen LogP contribution in [0.15, 0.2) is 60.7 Å². The summed E-state index contributed by atoms with van der Waals surface area (Å²) in [6.07, 6.45) is -1.99. The molecule has 6 heteroatoms. The van der Waals surface area contributed by atoms with Gasteiger partial charge in [-0.1, -0.05) is 60.7 Å². The fourth-order valence-corrected chi connectivity index (χ4v) is 4.94. The second kappa shape index (κ2) is 8.52. The predicted molar refractivity (Wildman–Crippen MR) is 118 cm³/mol. The summed E-state index contributed by atoms with van der Waals surface area (Å²) in [5.74, 6) is -1.47. The van der Waals surface area contributed by atoms with E-state index in [9.17, 15) is 0 Å². The Labute approximate surface area is 189 Å². The second-order valence-electron chi connectivity index (χ2n) is 9.65. The standard InChI is InChI=1S/C26H32O6/c1-25(2)29-21-19(27-15-17-11-7-5-8-12-17)20(28-16-18-13-9-6-10-14-18)22-24(23(21)31-25)32-26(3,4)30-22/h5-14,19-24H,15-16H2,1-4H3/t19-,20-,21+,22?,23?,24-/m0/s1. The van der Waals surface area contributed by atoms with Gasteiger partial charge in [0, 0.05) is 0 Å². The maximum atomic E-state index is 6.49. The molecule has 2 unspecified atom stereocenters. The van der Waals surface area contributed by atoms with Gasteiger partial charge in [-0.05, 0) is 38.8 Å². The molecule has 6 atom stereocenters. The van der Waals surface area contributed by atoms with Crippen molar-refractivity contribution in [1.29, 1.82) is 0 Å². The molecule has 6 nitrogen and oxygen atoms in total. The Kier molecular flexibility index (Phi) is 5.86. The lowest BCUT2D eigenvalue weighted by Gasteiger charge is -2.42. The average molecular weight is 441 g/mol. The predicted octanol–water partition coefficient (Wildman–Crippen LogP) is 4.21. The van der Waals surface area contributed by atoms with Crippen LogP contribution in [0.25, 0.3) is 0 Å². The molecule has 2 aliphatic heterocycles. The van der Waals surface area contributed by atoms with Crippen LogP contribution in [0.3, 0.4) is 0 Å². The van der Waals surface area contributed by atoms with Crippen LogP contribution in [0.4, 0.5) is 0 Å². The van der Waals surface area contributed by atoms with Crippen LogP contribution in [0.2, 0.25) is 0 Å². The molecule has 1 saturated carbocycles. The monoisotopic (exact) mass is 440 g/mol. The maximum Gasteiger partial charge on any atom is 0.164 e. The minimum absolute atomic E-state index is 0.297. The Bertz CT molecular complexity index is 824. The molecule has 2 aromatic rings. The molecular weight excluding hydrogens is 408 g/mol. The third kappa shape index (κ3) is 4.49. The van der Waals surface area contributed by atoms with Gasteiger partial charge in [0.05, 0.1) is 13.2 Å². The summed E-state index contributed by atoms with van der Waals surface area (Å²) in [6, 6.07) is 20.3. The summed E-state index contributed by atoms with van der Waals surface area (Å²) in [6.45, 7) is 8.60. The lowest BCUT2D eigenvalue weighted by molar-refractivity contribution is -0.211. The number of hydrogen-bond donors (Lipinski definition) is 0. The molecule has 0 amide bonds. The smallest absolute Gasteiger partial charge is 0.164 e. The third-order valence-electron chi connectivity index (χ3n) is 6.19. The van der Waals surface area contributed by atoms with Crippen molar-refractivity contribution in [2.24, 2.45) is 0 Å². The number of fused-ring (bicyclic) bond motifs is 3. The minimum atomic E-state index is -0.737. The largest absolute Gasteiger partial charge is 0.368 e. The zero-order valence-electron chi connectivity index (χ0n) is 19.1. The van der Waals surface area contributed by atoms with Crippen molar-refractivity contribution in [3.05, 3.63) is 71.8 Å². The molecule has 3 aliphatic rings. The summed E-state index contributed by atoms with van der Waals surface area (Å²) in [5.41, 5.74) is 2.19. The maximum absolute atomic E-state index is 6.49. The highest BCUT2D eigenvalue weighted by molar-refractivity contribution is 5.16. The van der Waals surface area contributed by atoms with Crippen molar-refractivity contribution in [2.45, 2.75) is 89.1 Å². The Morgan fingerprint density at radius 2 is 0.906 bits per heavy atom. The Balaban J connectivity index is 1.44.